The van der Waals surface area contributed by atoms with E-state index in [0.29, 0.717) is 18.1 Å². The summed E-state index contributed by atoms with van der Waals surface area (Å²) in [5.41, 5.74) is -0.413. The molecule has 2 heterocycles. The maximum absolute atomic E-state index is 12.2. The van der Waals surface area contributed by atoms with Gasteiger partial charge in [-0.15, -0.1) is 0 Å². The van der Waals surface area contributed by atoms with Crippen LogP contribution in [0.25, 0.3) is 0 Å². The highest BCUT2D eigenvalue weighted by molar-refractivity contribution is 5.68. The minimum atomic E-state index is -0.413. The van der Waals surface area contributed by atoms with Crippen molar-refractivity contribution in [3.8, 4) is 0 Å². The van der Waals surface area contributed by atoms with Crippen LogP contribution in [0, 0.1) is 5.92 Å². The SMILES string of the molecule is CC1OCCC1NCCC1CCCN(C(=O)OC(C)(C)C)C1. The van der Waals surface area contributed by atoms with Crippen molar-refractivity contribution in [2.45, 2.75) is 71.1 Å². The second-order valence-electron chi connectivity index (χ2n) is 7.65. The third kappa shape index (κ3) is 5.43. The molecule has 2 fully saturated rings. The molecule has 2 saturated heterocycles. The molecule has 0 saturated carbocycles. The normalized spacial score (nSPS) is 29.6. The van der Waals surface area contributed by atoms with Crippen LogP contribution in [-0.2, 0) is 9.47 Å². The standard InChI is InChI=1S/C17H32N2O3/c1-13-15(8-11-21-13)18-9-7-14-6-5-10-19(12-14)16(20)22-17(2,3)4/h13-15,18H,5-12H2,1-4H3. The van der Waals surface area contributed by atoms with Crippen LogP contribution in [0.2, 0.25) is 0 Å². The van der Waals surface area contributed by atoms with E-state index in [1.165, 1.54) is 6.42 Å². The third-order valence-corrected chi connectivity index (χ3v) is 4.51. The van der Waals surface area contributed by atoms with Crippen molar-refractivity contribution in [3.63, 3.8) is 0 Å². The largest absolute Gasteiger partial charge is 0.444 e. The second kappa shape index (κ2) is 7.64. The molecule has 2 rings (SSSR count). The van der Waals surface area contributed by atoms with Gasteiger partial charge in [0.2, 0.25) is 0 Å². The van der Waals surface area contributed by atoms with Gasteiger partial charge in [-0.05, 0) is 65.8 Å². The zero-order valence-corrected chi connectivity index (χ0v) is 14.6. The summed E-state index contributed by atoms with van der Waals surface area (Å²) in [5, 5.41) is 3.60. The fraction of sp³-hybridized carbons (Fsp3) is 0.941. The van der Waals surface area contributed by atoms with E-state index in [-0.39, 0.29) is 6.09 Å². The van der Waals surface area contributed by atoms with Crippen LogP contribution >= 0.6 is 0 Å². The molecule has 0 spiro atoms. The van der Waals surface area contributed by atoms with Crippen molar-refractivity contribution in [2.24, 2.45) is 5.92 Å². The molecule has 0 aliphatic carbocycles. The van der Waals surface area contributed by atoms with Gasteiger partial charge < -0.3 is 19.7 Å². The molecule has 22 heavy (non-hydrogen) atoms. The fourth-order valence-electron chi connectivity index (χ4n) is 3.27. The summed E-state index contributed by atoms with van der Waals surface area (Å²) in [6.45, 7) is 11.4. The number of carbonyl (C=O) groups excluding carboxylic acids is 1. The van der Waals surface area contributed by atoms with Crippen LogP contribution < -0.4 is 5.32 Å². The summed E-state index contributed by atoms with van der Waals surface area (Å²) in [6, 6.07) is 0.491. The number of hydrogen-bond acceptors (Lipinski definition) is 4. The molecule has 1 amide bonds. The van der Waals surface area contributed by atoms with Crippen molar-refractivity contribution in [1.82, 2.24) is 10.2 Å². The maximum atomic E-state index is 12.2. The number of hydrogen-bond donors (Lipinski definition) is 1. The predicted molar refractivity (Wildman–Crippen MR) is 87.0 cm³/mol. The first-order valence-corrected chi connectivity index (χ1v) is 8.68. The van der Waals surface area contributed by atoms with Crippen molar-refractivity contribution < 1.29 is 14.3 Å². The molecule has 2 aliphatic rings. The lowest BCUT2D eigenvalue weighted by Gasteiger charge is -2.34. The number of piperidine rings is 1. The monoisotopic (exact) mass is 312 g/mol. The molecule has 0 aromatic carbocycles. The zero-order chi connectivity index (χ0) is 16.2. The average molecular weight is 312 g/mol. The van der Waals surface area contributed by atoms with Gasteiger partial charge >= 0.3 is 6.09 Å². The Labute approximate surface area is 134 Å². The van der Waals surface area contributed by atoms with Crippen LogP contribution in [0.15, 0.2) is 0 Å². The molecule has 3 unspecified atom stereocenters. The molecular weight excluding hydrogens is 280 g/mol. The molecule has 5 heteroatoms. The minimum absolute atomic E-state index is 0.164. The van der Waals surface area contributed by atoms with Gasteiger partial charge in [0.1, 0.15) is 5.60 Å². The predicted octanol–water partition coefficient (Wildman–Crippen LogP) is 2.79. The summed E-state index contributed by atoms with van der Waals surface area (Å²) in [4.78, 5) is 14.0. The molecule has 3 atom stereocenters. The number of carbonyl (C=O) groups is 1. The highest BCUT2D eigenvalue weighted by Gasteiger charge is 2.28. The first-order valence-electron chi connectivity index (χ1n) is 8.68. The summed E-state index contributed by atoms with van der Waals surface area (Å²) in [6.07, 6.45) is 4.66. The molecule has 5 nitrogen and oxygen atoms in total. The minimum Gasteiger partial charge on any atom is -0.444 e. The number of rotatable bonds is 4. The fourth-order valence-corrected chi connectivity index (χ4v) is 3.27. The number of nitrogens with zero attached hydrogens (tertiary/aromatic N) is 1. The van der Waals surface area contributed by atoms with E-state index in [1.807, 2.05) is 25.7 Å². The van der Waals surface area contributed by atoms with E-state index in [2.05, 4.69) is 12.2 Å². The van der Waals surface area contributed by atoms with E-state index >= 15 is 0 Å². The third-order valence-electron chi connectivity index (χ3n) is 4.51. The lowest BCUT2D eigenvalue weighted by atomic mass is 9.95. The Hall–Kier alpha value is -0.810. The van der Waals surface area contributed by atoms with Crippen molar-refractivity contribution >= 4 is 6.09 Å². The Kier molecular flexibility index (Phi) is 6.09. The van der Waals surface area contributed by atoms with Crippen molar-refractivity contribution in [1.29, 1.82) is 0 Å². The molecule has 0 bridgehead atoms. The van der Waals surface area contributed by atoms with Gasteiger partial charge in [-0.2, -0.15) is 0 Å². The smallest absolute Gasteiger partial charge is 0.410 e. The van der Waals surface area contributed by atoms with Gasteiger partial charge in [-0.25, -0.2) is 4.79 Å². The van der Waals surface area contributed by atoms with E-state index < -0.39 is 5.60 Å². The van der Waals surface area contributed by atoms with E-state index in [0.717, 1.165) is 45.5 Å². The second-order valence-corrected chi connectivity index (χ2v) is 7.65. The first-order chi connectivity index (χ1) is 10.3. The Morgan fingerprint density at radius 2 is 2.14 bits per heavy atom. The quantitative estimate of drug-likeness (QED) is 0.867. The molecule has 0 aromatic heterocycles. The molecule has 128 valence electrons. The van der Waals surface area contributed by atoms with Crippen LogP contribution in [0.1, 0.15) is 53.4 Å². The zero-order valence-electron chi connectivity index (χ0n) is 14.6. The highest BCUT2D eigenvalue weighted by Crippen LogP contribution is 2.22. The van der Waals surface area contributed by atoms with Gasteiger partial charge in [0, 0.05) is 25.7 Å². The average Bonchev–Trinajstić information content (AvgIpc) is 2.83. The molecule has 0 radical (unpaired) electrons. The van der Waals surface area contributed by atoms with Crippen molar-refractivity contribution in [2.75, 3.05) is 26.2 Å². The Morgan fingerprint density at radius 3 is 2.77 bits per heavy atom. The summed E-state index contributed by atoms with van der Waals surface area (Å²) >= 11 is 0. The summed E-state index contributed by atoms with van der Waals surface area (Å²) in [7, 11) is 0. The van der Waals surface area contributed by atoms with Crippen LogP contribution in [-0.4, -0.2) is 55.0 Å². The topological polar surface area (TPSA) is 50.8 Å². The Balaban J connectivity index is 1.70. The Morgan fingerprint density at radius 1 is 1.36 bits per heavy atom. The first kappa shape index (κ1) is 17.5. The molecule has 2 aliphatic heterocycles. The Bertz CT molecular complexity index is 367. The molecule has 0 aromatic rings. The van der Waals surface area contributed by atoms with Gasteiger partial charge in [0.15, 0.2) is 0 Å². The van der Waals surface area contributed by atoms with Gasteiger partial charge in [-0.3, -0.25) is 0 Å². The number of nitrogens with one attached hydrogen (secondary N) is 1. The maximum Gasteiger partial charge on any atom is 0.410 e. The van der Waals surface area contributed by atoms with Gasteiger partial charge in [0.05, 0.1) is 6.10 Å². The molecular formula is C17H32N2O3. The van der Waals surface area contributed by atoms with E-state index in [1.54, 1.807) is 0 Å². The molecule has 1 N–H and O–H groups in total. The lowest BCUT2D eigenvalue weighted by Crippen LogP contribution is -2.44. The van der Waals surface area contributed by atoms with Crippen molar-refractivity contribution in [3.05, 3.63) is 0 Å². The summed E-state index contributed by atoms with van der Waals surface area (Å²) in [5.74, 6) is 0.575. The van der Waals surface area contributed by atoms with E-state index in [4.69, 9.17) is 9.47 Å². The van der Waals surface area contributed by atoms with Crippen LogP contribution in [0.5, 0.6) is 0 Å². The number of amides is 1. The summed E-state index contributed by atoms with van der Waals surface area (Å²) < 4.78 is 11.1. The van der Waals surface area contributed by atoms with Crippen LogP contribution in [0.4, 0.5) is 4.79 Å². The van der Waals surface area contributed by atoms with Gasteiger partial charge in [-0.1, -0.05) is 0 Å². The highest BCUT2D eigenvalue weighted by atomic mass is 16.6. The van der Waals surface area contributed by atoms with Gasteiger partial charge in [0.25, 0.3) is 0 Å². The number of likely N-dealkylation sites (tertiary alicyclic amines) is 1. The number of ether oxygens (including phenoxy) is 2. The van der Waals surface area contributed by atoms with E-state index in [9.17, 15) is 4.79 Å². The van der Waals surface area contributed by atoms with Crippen LogP contribution in [0.3, 0.4) is 0 Å². The lowest BCUT2D eigenvalue weighted by molar-refractivity contribution is 0.0161.